The molecule has 3 rings (SSSR count). The van der Waals surface area contributed by atoms with Crippen LogP contribution in [0.5, 0.6) is 0 Å². The predicted octanol–water partition coefficient (Wildman–Crippen LogP) is 4.02. The van der Waals surface area contributed by atoms with Crippen molar-refractivity contribution in [2.75, 3.05) is 13.2 Å². The van der Waals surface area contributed by atoms with Crippen molar-refractivity contribution in [3.05, 3.63) is 35.5 Å². The molecule has 118 valence electrons. The third kappa shape index (κ3) is 3.02. The lowest BCUT2D eigenvalue weighted by Gasteiger charge is -2.35. The molecular formula is C18H23NO3. The highest BCUT2D eigenvalue weighted by molar-refractivity contribution is 5.95. The maximum absolute atomic E-state index is 11.8. The largest absolute Gasteiger partial charge is 0.461 e. The first kappa shape index (κ1) is 15.1. The van der Waals surface area contributed by atoms with E-state index in [1.165, 1.54) is 5.56 Å². The molecule has 1 aliphatic rings. The smallest absolute Gasteiger partial charge is 0.354 e. The van der Waals surface area contributed by atoms with Gasteiger partial charge >= 0.3 is 5.97 Å². The molecule has 1 atom stereocenters. The summed E-state index contributed by atoms with van der Waals surface area (Å²) in [6.45, 7) is 7.29. The van der Waals surface area contributed by atoms with Crippen LogP contribution in [-0.2, 0) is 9.47 Å². The third-order valence-corrected chi connectivity index (χ3v) is 4.31. The van der Waals surface area contributed by atoms with Crippen molar-refractivity contribution in [3.8, 4) is 0 Å². The van der Waals surface area contributed by atoms with Crippen LogP contribution in [0.15, 0.2) is 24.3 Å². The average molecular weight is 301 g/mol. The van der Waals surface area contributed by atoms with Crippen molar-refractivity contribution in [2.45, 2.75) is 45.1 Å². The van der Waals surface area contributed by atoms with E-state index >= 15 is 0 Å². The van der Waals surface area contributed by atoms with Gasteiger partial charge in [0, 0.05) is 17.5 Å². The summed E-state index contributed by atoms with van der Waals surface area (Å²) in [5.41, 5.74) is 2.74. The summed E-state index contributed by atoms with van der Waals surface area (Å²) in [5, 5.41) is 1.06. The Morgan fingerprint density at radius 3 is 2.95 bits per heavy atom. The average Bonchev–Trinajstić information content (AvgIpc) is 2.89. The number of fused-ring (bicyclic) bond motifs is 1. The van der Waals surface area contributed by atoms with Gasteiger partial charge in [-0.1, -0.05) is 6.07 Å². The molecule has 1 aromatic heterocycles. The van der Waals surface area contributed by atoms with Gasteiger partial charge in [-0.15, -0.1) is 0 Å². The van der Waals surface area contributed by atoms with E-state index < -0.39 is 0 Å². The lowest BCUT2D eigenvalue weighted by Crippen LogP contribution is -2.32. The SMILES string of the molecule is CCOC(=O)c1cc2cc(C3CCOC(C)(C)C3)ccc2[nH]1. The van der Waals surface area contributed by atoms with Crippen molar-refractivity contribution in [2.24, 2.45) is 0 Å². The van der Waals surface area contributed by atoms with Gasteiger partial charge in [0.25, 0.3) is 0 Å². The quantitative estimate of drug-likeness (QED) is 0.871. The van der Waals surface area contributed by atoms with E-state index in [9.17, 15) is 4.79 Å². The second-order valence-corrected chi connectivity index (χ2v) is 6.55. The standard InChI is InChI=1S/C18H23NO3/c1-4-21-17(20)16-10-14-9-12(5-6-15(14)19-16)13-7-8-22-18(2,3)11-13/h5-6,9-10,13,19H,4,7-8,11H2,1-3H3. The first-order chi connectivity index (χ1) is 10.5. The summed E-state index contributed by atoms with van der Waals surface area (Å²) in [7, 11) is 0. The Labute approximate surface area is 130 Å². The highest BCUT2D eigenvalue weighted by atomic mass is 16.5. The Balaban J connectivity index is 1.88. The lowest BCUT2D eigenvalue weighted by molar-refractivity contribution is -0.0592. The summed E-state index contributed by atoms with van der Waals surface area (Å²) in [4.78, 5) is 14.9. The molecule has 4 heteroatoms. The Morgan fingerprint density at radius 2 is 2.23 bits per heavy atom. The van der Waals surface area contributed by atoms with Gasteiger partial charge in [0.1, 0.15) is 5.69 Å². The Morgan fingerprint density at radius 1 is 1.41 bits per heavy atom. The summed E-state index contributed by atoms with van der Waals surface area (Å²) >= 11 is 0. The highest BCUT2D eigenvalue weighted by Crippen LogP contribution is 2.36. The number of nitrogens with one attached hydrogen (secondary N) is 1. The van der Waals surface area contributed by atoms with Gasteiger partial charge in [-0.3, -0.25) is 0 Å². The van der Waals surface area contributed by atoms with E-state index in [1.54, 1.807) is 0 Å². The van der Waals surface area contributed by atoms with Crippen molar-refractivity contribution in [1.82, 2.24) is 4.98 Å². The van der Waals surface area contributed by atoms with Crippen LogP contribution in [0.1, 0.15) is 55.6 Å². The number of esters is 1. The summed E-state index contributed by atoms with van der Waals surface area (Å²) in [6.07, 6.45) is 2.07. The van der Waals surface area contributed by atoms with Crippen LogP contribution in [0.4, 0.5) is 0 Å². The van der Waals surface area contributed by atoms with E-state index in [0.29, 0.717) is 18.2 Å². The molecule has 1 unspecified atom stereocenters. The maximum atomic E-state index is 11.8. The Hall–Kier alpha value is -1.81. The van der Waals surface area contributed by atoms with Crippen LogP contribution >= 0.6 is 0 Å². The van der Waals surface area contributed by atoms with Crippen LogP contribution < -0.4 is 0 Å². The zero-order valence-electron chi connectivity index (χ0n) is 13.4. The third-order valence-electron chi connectivity index (χ3n) is 4.31. The molecule has 0 aliphatic carbocycles. The fraction of sp³-hybridized carbons (Fsp3) is 0.500. The molecule has 0 spiro atoms. The maximum Gasteiger partial charge on any atom is 0.354 e. The van der Waals surface area contributed by atoms with Gasteiger partial charge in [0.2, 0.25) is 0 Å². The minimum atomic E-state index is -0.299. The minimum absolute atomic E-state index is 0.0634. The van der Waals surface area contributed by atoms with Gasteiger partial charge in [-0.05, 0) is 63.3 Å². The first-order valence-electron chi connectivity index (χ1n) is 7.92. The molecule has 2 heterocycles. The molecule has 1 aromatic carbocycles. The van der Waals surface area contributed by atoms with Crippen LogP contribution in [-0.4, -0.2) is 29.8 Å². The van der Waals surface area contributed by atoms with E-state index in [0.717, 1.165) is 30.4 Å². The van der Waals surface area contributed by atoms with Gasteiger partial charge in [-0.25, -0.2) is 4.79 Å². The van der Waals surface area contributed by atoms with Crippen LogP contribution in [0.2, 0.25) is 0 Å². The summed E-state index contributed by atoms with van der Waals surface area (Å²) in [5.74, 6) is 0.210. The first-order valence-corrected chi connectivity index (χ1v) is 7.92. The van der Waals surface area contributed by atoms with Gasteiger partial charge in [0.15, 0.2) is 0 Å². The molecule has 2 aromatic rings. The molecule has 1 aliphatic heterocycles. The molecule has 1 saturated heterocycles. The van der Waals surface area contributed by atoms with Crippen LogP contribution in [0, 0.1) is 0 Å². The number of ether oxygens (including phenoxy) is 2. The fourth-order valence-electron chi connectivity index (χ4n) is 3.24. The van der Waals surface area contributed by atoms with Crippen molar-refractivity contribution < 1.29 is 14.3 Å². The predicted molar refractivity (Wildman–Crippen MR) is 86.3 cm³/mol. The summed E-state index contributed by atoms with van der Waals surface area (Å²) < 4.78 is 10.8. The molecule has 1 fully saturated rings. The topological polar surface area (TPSA) is 51.3 Å². The molecule has 4 nitrogen and oxygen atoms in total. The van der Waals surface area contributed by atoms with E-state index in [1.807, 2.05) is 13.0 Å². The number of carbonyl (C=O) groups excluding carboxylic acids is 1. The normalized spacial score (nSPS) is 21.0. The van der Waals surface area contributed by atoms with Gasteiger partial charge in [0.05, 0.1) is 12.2 Å². The fourth-order valence-corrected chi connectivity index (χ4v) is 3.24. The second kappa shape index (κ2) is 5.76. The lowest BCUT2D eigenvalue weighted by atomic mass is 9.83. The molecular weight excluding hydrogens is 278 g/mol. The number of aromatic nitrogens is 1. The number of hydrogen-bond donors (Lipinski definition) is 1. The molecule has 1 N–H and O–H groups in total. The monoisotopic (exact) mass is 301 g/mol. The minimum Gasteiger partial charge on any atom is -0.461 e. The number of benzene rings is 1. The molecule has 0 amide bonds. The van der Waals surface area contributed by atoms with Gasteiger partial charge < -0.3 is 14.5 Å². The molecule has 0 bridgehead atoms. The Bertz CT molecular complexity index is 687. The number of aromatic amines is 1. The Kier molecular flexibility index (Phi) is 3.96. The second-order valence-electron chi connectivity index (χ2n) is 6.55. The summed E-state index contributed by atoms with van der Waals surface area (Å²) in [6, 6.07) is 8.26. The molecule has 0 saturated carbocycles. The van der Waals surface area contributed by atoms with E-state index in [2.05, 4.69) is 37.0 Å². The van der Waals surface area contributed by atoms with Crippen molar-refractivity contribution in [3.63, 3.8) is 0 Å². The molecule has 0 radical (unpaired) electrons. The number of H-pyrrole nitrogens is 1. The molecule has 22 heavy (non-hydrogen) atoms. The van der Waals surface area contributed by atoms with Crippen molar-refractivity contribution in [1.29, 1.82) is 0 Å². The van der Waals surface area contributed by atoms with E-state index in [4.69, 9.17) is 9.47 Å². The number of hydrogen-bond acceptors (Lipinski definition) is 3. The number of carbonyl (C=O) groups is 1. The van der Waals surface area contributed by atoms with Gasteiger partial charge in [-0.2, -0.15) is 0 Å². The highest BCUT2D eigenvalue weighted by Gasteiger charge is 2.29. The zero-order chi connectivity index (χ0) is 15.7. The van der Waals surface area contributed by atoms with Crippen LogP contribution in [0.25, 0.3) is 10.9 Å². The van der Waals surface area contributed by atoms with Crippen molar-refractivity contribution >= 4 is 16.9 Å². The van der Waals surface area contributed by atoms with Crippen LogP contribution in [0.3, 0.4) is 0 Å². The number of rotatable bonds is 3. The van der Waals surface area contributed by atoms with E-state index in [-0.39, 0.29) is 11.6 Å². The zero-order valence-corrected chi connectivity index (χ0v) is 13.4.